The van der Waals surface area contributed by atoms with E-state index < -0.39 is 0 Å². The molecule has 2 heteroatoms. The second-order valence-corrected chi connectivity index (χ2v) is 4.96. The summed E-state index contributed by atoms with van der Waals surface area (Å²) < 4.78 is 0. The number of hydrogen-bond donors (Lipinski definition) is 1. The fourth-order valence-corrected chi connectivity index (χ4v) is 2.96. The average Bonchev–Trinajstić information content (AvgIpc) is 2.82. The van der Waals surface area contributed by atoms with Crippen molar-refractivity contribution in [3.8, 4) is 0 Å². The molecule has 17 heavy (non-hydrogen) atoms. The van der Waals surface area contributed by atoms with Gasteiger partial charge in [0.1, 0.15) is 0 Å². The molecule has 0 aromatic carbocycles. The van der Waals surface area contributed by atoms with Gasteiger partial charge in [0.25, 0.3) is 0 Å². The van der Waals surface area contributed by atoms with E-state index in [1.54, 1.807) is 0 Å². The van der Waals surface area contributed by atoms with Crippen molar-refractivity contribution < 1.29 is 0 Å². The molecule has 2 aliphatic rings. The molecule has 1 aliphatic carbocycles. The Morgan fingerprint density at radius 3 is 2.00 bits per heavy atom. The van der Waals surface area contributed by atoms with Gasteiger partial charge in [-0.15, -0.1) is 0 Å². The SMILES string of the molecule is CC.CC.CCN1CCC2(CCC(N)CC2)C1. The topological polar surface area (TPSA) is 29.3 Å². The van der Waals surface area contributed by atoms with Crippen molar-refractivity contribution in [1.29, 1.82) is 0 Å². The number of rotatable bonds is 1. The Labute approximate surface area is 109 Å². The monoisotopic (exact) mass is 242 g/mol. The fraction of sp³-hybridized carbons (Fsp3) is 1.00. The highest BCUT2D eigenvalue weighted by atomic mass is 15.1. The molecule has 2 fully saturated rings. The first kappa shape index (κ1) is 16.9. The number of nitrogens with two attached hydrogens (primary N) is 1. The first-order valence-electron chi connectivity index (χ1n) is 7.72. The van der Waals surface area contributed by atoms with E-state index in [1.807, 2.05) is 27.7 Å². The summed E-state index contributed by atoms with van der Waals surface area (Å²) in [7, 11) is 0. The Morgan fingerprint density at radius 1 is 1.06 bits per heavy atom. The summed E-state index contributed by atoms with van der Waals surface area (Å²) >= 11 is 0. The van der Waals surface area contributed by atoms with Crippen LogP contribution in [0.1, 0.15) is 66.7 Å². The molecule has 0 radical (unpaired) electrons. The van der Waals surface area contributed by atoms with E-state index in [9.17, 15) is 0 Å². The number of nitrogens with zero attached hydrogens (tertiary/aromatic N) is 1. The smallest absolute Gasteiger partial charge is 0.00392 e. The lowest BCUT2D eigenvalue weighted by molar-refractivity contribution is 0.176. The van der Waals surface area contributed by atoms with E-state index in [1.165, 1.54) is 51.7 Å². The van der Waals surface area contributed by atoms with Gasteiger partial charge >= 0.3 is 0 Å². The molecule has 0 atom stereocenters. The van der Waals surface area contributed by atoms with Gasteiger partial charge in [0.15, 0.2) is 0 Å². The van der Waals surface area contributed by atoms with Crippen LogP contribution in [0.25, 0.3) is 0 Å². The van der Waals surface area contributed by atoms with Crippen molar-refractivity contribution in [2.24, 2.45) is 11.1 Å². The molecule has 2 rings (SSSR count). The summed E-state index contributed by atoms with van der Waals surface area (Å²) in [5.74, 6) is 0. The molecule has 0 bridgehead atoms. The maximum atomic E-state index is 5.94. The van der Waals surface area contributed by atoms with Crippen molar-refractivity contribution in [1.82, 2.24) is 4.90 Å². The van der Waals surface area contributed by atoms with Crippen LogP contribution >= 0.6 is 0 Å². The molecule has 2 N–H and O–H groups in total. The van der Waals surface area contributed by atoms with Gasteiger partial charge in [-0.1, -0.05) is 34.6 Å². The molecular weight excluding hydrogens is 208 g/mol. The Balaban J connectivity index is 0.000000581. The first-order valence-corrected chi connectivity index (χ1v) is 7.72. The van der Waals surface area contributed by atoms with Crippen LogP contribution in [-0.2, 0) is 0 Å². The van der Waals surface area contributed by atoms with E-state index in [2.05, 4.69) is 11.8 Å². The van der Waals surface area contributed by atoms with Gasteiger partial charge in [-0.2, -0.15) is 0 Å². The zero-order valence-electron chi connectivity index (χ0n) is 12.8. The minimum Gasteiger partial charge on any atom is -0.328 e. The Kier molecular flexibility index (Phi) is 8.89. The Morgan fingerprint density at radius 2 is 1.59 bits per heavy atom. The molecule has 2 nitrogen and oxygen atoms in total. The number of likely N-dealkylation sites (tertiary alicyclic amines) is 1. The maximum Gasteiger partial charge on any atom is 0.00392 e. The van der Waals surface area contributed by atoms with Gasteiger partial charge in [-0.25, -0.2) is 0 Å². The largest absolute Gasteiger partial charge is 0.328 e. The van der Waals surface area contributed by atoms with E-state index in [4.69, 9.17) is 5.73 Å². The lowest BCUT2D eigenvalue weighted by Gasteiger charge is -2.36. The normalized spacial score (nSPS) is 32.5. The summed E-state index contributed by atoms with van der Waals surface area (Å²) in [6.07, 6.45) is 6.71. The number of hydrogen-bond acceptors (Lipinski definition) is 2. The first-order chi connectivity index (χ1) is 8.24. The predicted octanol–water partition coefficient (Wildman–Crippen LogP) is 3.65. The zero-order chi connectivity index (χ0) is 13.3. The summed E-state index contributed by atoms with van der Waals surface area (Å²) in [6.45, 7) is 14.2. The van der Waals surface area contributed by atoms with Crippen LogP contribution in [-0.4, -0.2) is 30.6 Å². The van der Waals surface area contributed by atoms with Gasteiger partial charge in [0, 0.05) is 12.6 Å². The second-order valence-electron chi connectivity index (χ2n) is 4.96. The van der Waals surface area contributed by atoms with Gasteiger partial charge in [-0.3, -0.25) is 0 Å². The molecule has 1 aliphatic heterocycles. The summed E-state index contributed by atoms with van der Waals surface area (Å²) in [5.41, 5.74) is 6.61. The fourth-order valence-electron chi connectivity index (χ4n) is 2.96. The van der Waals surface area contributed by atoms with Crippen molar-refractivity contribution in [3.63, 3.8) is 0 Å². The van der Waals surface area contributed by atoms with E-state index >= 15 is 0 Å². The summed E-state index contributed by atoms with van der Waals surface area (Å²) in [4.78, 5) is 2.59. The maximum absolute atomic E-state index is 5.94. The van der Waals surface area contributed by atoms with Crippen LogP contribution < -0.4 is 5.73 Å². The predicted molar refractivity (Wildman–Crippen MR) is 78.3 cm³/mol. The molecule has 0 aromatic heterocycles. The zero-order valence-corrected chi connectivity index (χ0v) is 12.8. The van der Waals surface area contributed by atoms with Crippen molar-refractivity contribution >= 4 is 0 Å². The van der Waals surface area contributed by atoms with Gasteiger partial charge in [-0.05, 0) is 50.6 Å². The van der Waals surface area contributed by atoms with Crippen LogP contribution in [0.4, 0.5) is 0 Å². The average molecular weight is 242 g/mol. The molecule has 0 unspecified atom stereocenters. The van der Waals surface area contributed by atoms with Crippen molar-refractivity contribution in [2.75, 3.05) is 19.6 Å². The molecule has 0 aromatic rings. The third-order valence-corrected chi connectivity index (χ3v) is 4.06. The highest BCUT2D eigenvalue weighted by Gasteiger charge is 2.39. The van der Waals surface area contributed by atoms with Crippen LogP contribution in [0.2, 0.25) is 0 Å². The van der Waals surface area contributed by atoms with Gasteiger partial charge in [0.05, 0.1) is 0 Å². The van der Waals surface area contributed by atoms with Crippen LogP contribution in [0.3, 0.4) is 0 Å². The van der Waals surface area contributed by atoms with E-state index in [0.717, 1.165) is 0 Å². The van der Waals surface area contributed by atoms with Crippen LogP contribution in [0.5, 0.6) is 0 Å². The molecule has 1 spiro atoms. The minimum atomic E-state index is 0.501. The van der Waals surface area contributed by atoms with E-state index in [-0.39, 0.29) is 0 Å². The van der Waals surface area contributed by atoms with Gasteiger partial charge < -0.3 is 10.6 Å². The quantitative estimate of drug-likeness (QED) is 0.760. The summed E-state index contributed by atoms with van der Waals surface area (Å²) in [6, 6.07) is 0.501. The molecule has 0 amide bonds. The standard InChI is InChI=1S/C11H22N2.2C2H6/c1-2-13-8-7-11(9-13)5-3-10(12)4-6-11;2*1-2/h10H,2-9,12H2,1H3;2*1-2H3. The van der Waals surface area contributed by atoms with Crippen molar-refractivity contribution in [3.05, 3.63) is 0 Å². The molecular formula is C15H34N2. The van der Waals surface area contributed by atoms with Crippen LogP contribution in [0.15, 0.2) is 0 Å². The highest BCUT2D eigenvalue weighted by molar-refractivity contribution is 4.93. The Hall–Kier alpha value is -0.0800. The lowest BCUT2D eigenvalue weighted by atomic mass is 9.72. The molecule has 1 heterocycles. The molecule has 1 saturated carbocycles. The van der Waals surface area contributed by atoms with Crippen molar-refractivity contribution in [2.45, 2.75) is 72.8 Å². The molecule has 104 valence electrons. The third kappa shape index (κ3) is 4.97. The third-order valence-electron chi connectivity index (χ3n) is 4.06. The Bertz CT molecular complexity index is 172. The summed E-state index contributed by atoms with van der Waals surface area (Å²) in [5, 5.41) is 0. The van der Waals surface area contributed by atoms with Gasteiger partial charge in [0.2, 0.25) is 0 Å². The molecule has 1 saturated heterocycles. The van der Waals surface area contributed by atoms with E-state index in [0.29, 0.717) is 11.5 Å². The lowest BCUT2D eigenvalue weighted by Crippen LogP contribution is -2.36. The van der Waals surface area contributed by atoms with Crippen LogP contribution in [0, 0.1) is 5.41 Å². The highest BCUT2D eigenvalue weighted by Crippen LogP contribution is 2.43. The second kappa shape index (κ2) is 8.93. The minimum absolute atomic E-state index is 0.501.